The number of benzene rings is 2. The summed E-state index contributed by atoms with van der Waals surface area (Å²) in [5, 5.41) is 3.84. The zero-order valence-electron chi connectivity index (χ0n) is 12.9. The van der Waals surface area contributed by atoms with Gasteiger partial charge >= 0.3 is 0 Å². The molecule has 1 heterocycles. The summed E-state index contributed by atoms with van der Waals surface area (Å²) in [4.78, 5) is 0. The first-order valence-electron chi connectivity index (χ1n) is 7.94. The van der Waals surface area contributed by atoms with Crippen molar-refractivity contribution in [3.63, 3.8) is 0 Å². The second-order valence-electron chi connectivity index (χ2n) is 6.54. The predicted molar refractivity (Wildman–Crippen MR) is 96.4 cm³/mol. The maximum atomic E-state index is 3.84. The van der Waals surface area contributed by atoms with E-state index in [0.29, 0.717) is 17.9 Å². The molecule has 0 saturated heterocycles. The van der Waals surface area contributed by atoms with Crippen LogP contribution in [0.15, 0.2) is 53.0 Å². The van der Waals surface area contributed by atoms with Crippen LogP contribution in [0.1, 0.15) is 40.6 Å². The minimum Gasteiger partial charge on any atom is -0.378 e. The van der Waals surface area contributed by atoms with Crippen LogP contribution in [0.3, 0.4) is 0 Å². The molecule has 0 unspecified atom stereocenters. The van der Waals surface area contributed by atoms with E-state index in [1.165, 1.54) is 32.4 Å². The zero-order chi connectivity index (χ0) is 15.3. The second kappa shape index (κ2) is 5.27. The van der Waals surface area contributed by atoms with Gasteiger partial charge in [-0.15, -0.1) is 0 Å². The third-order valence-corrected chi connectivity index (χ3v) is 5.78. The molecule has 0 bridgehead atoms. The molecule has 4 rings (SSSR count). The average Bonchev–Trinajstić information content (AvgIpc) is 2.95. The highest BCUT2D eigenvalue weighted by molar-refractivity contribution is 9.10. The van der Waals surface area contributed by atoms with Gasteiger partial charge in [-0.1, -0.05) is 52.3 Å². The molecule has 3 atom stereocenters. The number of anilines is 1. The van der Waals surface area contributed by atoms with Crippen molar-refractivity contribution < 1.29 is 0 Å². The second-order valence-corrected chi connectivity index (χ2v) is 7.39. The Bertz CT molecular complexity index is 762. The maximum absolute atomic E-state index is 3.84. The number of allylic oxidation sites excluding steroid dienone is 2. The van der Waals surface area contributed by atoms with E-state index in [2.05, 4.69) is 83.6 Å². The van der Waals surface area contributed by atoms with Crippen LogP contribution in [-0.2, 0) is 0 Å². The quantitative estimate of drug-likeness (QED) is 0.630. The van der Waals surface area contributed by atoms with Gasteiger partial charge in [0.25, 0.3) is 0 Å². The van der Waals surface area contributed by atoms with Crippen molar-refractivity contribution in [2.24, 2.45) is 5.92 Å². The Kier molecular flexibility index (Phi) is 3.37. The third-order valence-electron chi connectivity index (χ3n) is 5.06. The molecule has 2 heteroatoms. The number of aryl methyl sites for hydroxylation is 2. The predicted octanol–water partition coefficient (Wildman–Crippen LogP) is 5.89. The van der Waals surface area contributed by atoms with Crippen LogP contribution in [0.2, 0.25) is 0 Å². The van der Waals surface area contributed by atoms with Crippen molar-refractivity contribution in [2.75, 3.05) is 5.32 Å². The van der Waals surface area contributed by atoms with Crippen LogP contribution in [0.4, 0.5) is 5.69 Å². The average molecular weight is 354 g/mol. The summed E-state index contributed by atoms with van der Waals surface area (Å²) in [7, 11) is 0. The van der Waals surface area contributed by atoms with Gasteiger partial charge in [-0.05, 0) is 60.6 Å². The molecule has 0 spiro atoms. The largest absolute Gasteiger partial charge is 0.378 e. The Hall–Kier alpha value is -1.54. The summed E-state index contributed by atoms with van der Waals surface area (Å²) in [6, 6.07) is 13.6. The van der Waals surface area contributed by atoms with Gasteiger partial charge in [-0.2, -0.15) is 0 Å². The molecule has 112 valence electrons. The van der Waals surface area contributed by atoms with Crippen LogP contribution in [0, 0.1) is 19.8 Å². The van der Waals surface area contributed by atoms with Crippen molar-refractivity contribution in [3.05, 3.63) is 75.3 Å². The van der Waals surface area contributed by atoms with Crippen molar-refractivity contribution >= 4 is 21.6 Å². The molecule has 1 aliphatic heterocycles. The van der Waals surface area contributed by atoms with Crippen molar-refractivity contribution in [1.29, 1.82) is 0 Å². The van der Waals surface area contributed by atoms with Gasteiger partial charge in [-0.3, -0.25) is 0 Å². The fourth-order valence-electron chi connectivity index (χ4n) is 4.18. The van der Waals surface area contributed by atoms with Crippen molar-refractivity contribution in [1.82, 2.24) is 0 Å². The standard InChI is InChI=1S/C20H20BrN/c1-12-10-13(2)19-14-7-5-8-15(14)20(22-18(19)11-12)16-6-3-4-9-17(16)21/h3-7,9-11,14-15,20,22H,8H2,1-2H3/t14-,15-,20+/m1/s1. The molecule has 0 aromatic heterocycles. The molecule has 0 fully saturated rings. The number of nitrogens with one attached hydrogen (secondary N) is 1. The molecule has 2 aromatic carbocycles. The van der Waals surface area contributed by atoms with E-state index in [4.69, 9.17) is 0 Å². The summed E-state index contributed by atoms with van der Waals surface area (Å²) >= 11 is 3.74. The maximum Gasteiger partial charge on any atom is 0.0565 e. The number of rotatable bonds is 1. The lowest BCUT2D eigenvalue weighted by Crippen LogP contribution is -2.30. The van der Waals surface area contributed by atoms with Gasteiger partial charge in [0.15, 0.2) is 0 Å². The first-order valence-corrected chi connectivity index (χ1v) is 8.73. The molecule has 1 N–H and O–H groups in total. The number of fused-ring (bicyclic) bond motifs is 3. The van der Waals surface area contributed by atoms with Crippen LogP contribution >= 0.6 is 15.9 Å². The molecule has 22 heavy (non-hydrogen) atoms. The van der Waals surface area contributed by atoms with Gasteiger partial charge in [-0.25, -0.2) is 0 Å². The van der Waals surface area contributed by atoms with E-state index in [0.717, 1.165) is 6.42 Å². The first kappa shape index (κ1) is 14.1. The van der Waals surface area contributed by atoms with Gasteiger partial charge in [0.1, 0.15) is 0 Å². The van der Waals surface area contributed by atoms with E-state index < -0.39 is 0 Å². The van der Waals surface area contributed by atoms with E-state index in [1.54, 1.807) is 0 Å². The van der Waals surface area contributed by atoms with Crippen molar-refractivity contribution in [3.8, 4) is 0 Å². The van der Waals surface area contributed by atoms with E-state index in [9.17, 15) is 0 Å². The van der Waals surface area contributed by atoms with E-state index in [1.807, 2.05) is 0 Å². The SMILES string of the molecule is Cc1cc(C)c2c(c1)N[C@H](c1ccccc1Br)[C@@H]1CC=C[C@@H]21. The normalized spacial score (nSPS) is 25.5. The number of halogens is 1. The van der Waals surface area contributed by atoms with Crippen LogP contribution < -0.4 is 5.32 Å². The highest BCUT2D eigenvalue weighted by atomic mass is 79.9. The molecule has 2 aromatic rings. The topological polar surface area (TPSA) is 12.0 Å². The molecular formula is C20H20BrN. The molecule has 1 nitrogen and oxygen atoms in total. The van der Waals surface area contributed by atoms with Gasteiger partial charge in [0.05, 0.1) is 6.04 Å². The molecule has 1 aliphatic carbocycles. The monoisotopic (exact) mass is 353 g/mol. The fraction of sp³-hybridized carbons (Fsp3) is 0.300. The Morgan fingerprint density at radius 3 is 2.77 bits per heavy atom. The minimum atomic E-state index is 0.365. The Morgan fingerprint density at radius 1 is 1.14 bits per heavy atom. The summed E-state index contributed by atoms with van der Waals surface area (Å²) in [5.41, 5.74) is 6.91. The lowest BCUT2D eigenvalue weighted by atomic mass is 9.75. The molecule has 0 amide bonds. The third kappa shape index (κ3) is 2.13. The molecule has 0 radical (unpaired) electrons. The van der Waals surface area contributed by atoms with Gasteiger partial charge < -0.3 is 5.32 Å². The van der Waals surface area contributed by atoms with Crippen molar-refractivity contribution in [2.45, 2.75) is 32.2 Å². The first-order chi connectivity index (χ1) is 10.6. The van der Waals surface area contributed by atoms with Crippen LogP contribution in [0.5, 0.6) is 0 Å². The highest BCUT2D eigenvalue weighted by Crippen LogP contribution is 2.51. The Labute approximate surface area is 140 Å². The lowest BCUT2D eigenvalue weighted by molar-refractivity contribution is 0.423. The van der Waals surface area contributed by atoms with Gasteiger partial charge in [0.2, 0.25) is 0 Å². The van der Waals surface area contributed by atoms with Crippen LogP contribution in [0.25, 0.3) is 0 Å². The van der Waals surface area contributed by atoms with Crippen LogP contribution in [-0.4, -0.2) is 0 Å². The molecule has 0 saturated carbocycles. The van der Waals surface area contributed by atoms with E-state index in [-0.39, 0.29) is 0 Å². The summed E-state index contributed by atoms with van der Waals surface area (Å²) in [5.74, 6) is 1.14. The summed E-state index contributed by atoms with van der Waals surface area (Å²) in [6.45, 7) is 4.43. The highest BCUT2D eigenvalue weighted by Gasteiger charge is 2.39. The number of hydrogen-bond acceptors (Lipinski definition) is 1. The molecule has 2 aliphatic rings. The lowest BCUT2D eigenvalue weighted by Gasteiger charge is -2.39. The van der Waals surface area contributed by atoms with E-state index >= 15 is 0 Å². The summed E-state index contributed by atoms with van der Waals surface area (Å²) < 4.78 is 1.20. The molecular weight excluding hydrogens is 334 g/mol. The Balaban J connectivity index is 1.86. The zero-order valence-corrected chi connectivity index (χ0v) is 14.5. The van der Waals surface area contributed by atoms with Gasteiger partial charge in [0, 0.05) is 16.1 Å². The number of hydrogen-bond donors (Lipinski definition) is 1. The summed E-state index contributed by atoms with van der Waals surface area (Å²) in [6.07, 6.45) is 5.92. The Morgan fingerprint density at radius 2 is 1.95 bits per heavy atom. The minimum absolute atomic E-state index is 0.365. The fourth-order valence-corrected chi connectivity index (χ4v) is 4.71. The smallest absolute Gasteiger partial charge is 0.0565 e.